The van der Waals surface area contributed by atoms with Crippen LogP contribution in [0.3, 0.4) is 0 Å². The zero-order valence-electron chi connectivity index (χ0n) is 5.23. The molecule has 0 saturated heterocycles. The van der Waals surface area contributed by atoms with Gasteiger partial charge in [0.1, 0.15) is 0 Å². The van der Waals surface area contributed by atoms with Gasteiger partial charge in [-0.15, -0.1) is 0 Å². The molecule has 0 aliphatic carbocycles. The van der Waals surface area contributed by atoms with Gasteiger partial charge in [0.15, 0.2) is 0 Å². The molecule has 0 rings (SSSR count). The Morgan fingerprint density at radius 2 is 2.12 bits per heavy atom. The largest absolute Gasteiger partial charge is 0.502 e. The molecule has 0 amide bonds. The van der Waals surface area contributed by atoms with Crippen LogP contribution in [0.25, 0.3) is 0 Å². The maximum absolute atomic E-state index is 4.87. The first kappa shape index (κ1) is 7.54. The Hall–Kier alpha value is -0.460. The molecule has 0 saturated carbocycles. The first-order valence-electron chi connectivity index (χ1n) is 2.93. The number of unbranched alkanes of at least 4 members (excludes halogenated alkanes) is 2. The topological polar surface area (TPSA) is 9.23 Å². The third-order valence-electron chi connectivity index (χ3n) is 0.880. The first-order valence-corrected chi connectivity index (χ1v) is 2.93. The number of hydrogen-bond acceptors (Lipinski definition) is 1. The van der Waals surface area contributed by atoms with E-state index in [-0.39, 0.29) is 0 Å². The van der Waals surface area contributed by atoms with Crippen LogP contribution in [-0.4, -0.2) is 6.61 Å². The SMILES string of the molecule is [CH2]CCCCOC=C. The summed E-state index contributed by atoms with van der Waals surface area (Å²) in [6, 6.07) is 0. The quantitative estimate of drug-likeness (QED) is 0.392. The molecule has 0 aromatic rings. The van der Waals surface area contributed by atoms with E-state index in [0.29, 0.717) is 0 Å². The molecule has 47 valence electrons. The molecule has 0 aliphatic rings. The van der Waals surface area contributed by atoms with Crippen molar-refractivity contribution >= 4 is 0 Å². The van der Waals surface area contributed by atoms with Gasteiger partial charge in [-0.1, -0.05) is 26.3 Å². The summed E-state index contributed by atoms with van der Waals surface area (Å²) in [6.07, 6.45) is 4.72. The molecule has 0 spiro atoms. The predicted octanol–water partition coefficient (Wildman–Crippen LogP) is 2.15. The van der Waals surface area contributed by atoms with E-state index in [1.54, 1.807) is 0 Å². The van der Waals surface area contributed by atoms with Crippen molar-refractivity contribution in [3.8, 4) is 0 Å². The molecule has 0 N–H and O–H groups in total. The molecule has 0 unspecified atom stereocenters. The molecule has 0 bridgehead atoms. The van der Waals surface area contributed by atoms with Crippen LogP contribution in [0.5, 0.6) is 0 Å². The molecule has 0 aromatic heterocycles. The van der Waals surface area contributed by atoms with E-state index in [9.17, 15) is 0 Å². The van der Waals surface area contributed by atoms with Crippen molar-refractivity contribution in [1.29, 1.82) is 0 Å². The van der Waals surface area contributed by atoms with Crippen LogP contribution in [0, 0.1) is 6.92 Å². The van der Waals surface area contributed by atoms with Gasteiger partial charge in [-0.25, -0.2) is 0 Å². The Bertz CT molecular complexity index is 50.3. The van der Waals surface area contributed by atoms with Crippen LogP contribution >= 0.6 is 0 Å². The average molecular weight is 113 g/mol. The molecular formula is C7H13O. The average Bonchev–Trinajstić information content (AvgIpc) is 1.81. The molecule has 0 aromatic carbocycles. The highest BCUT2D eigenvalue weighted by Gasteiger charge is 1.81. The Morgan fingerprint density at radius 3 is 2.62 bits per heavy atom. The molecule has 8 heavy (non-hydrogen) atoms. The van der Waals surface area contributed by atoms with Crippen molar-refractivity contribution in [2.24, 2.45) is 0 Å². The van der Waals surface area contributed by atoms with Crippen molar-refractivity contribution in [2.45, 2.75) is 19.3 Å². The number of hydrogen-bond donors (Lipinski definition) is 0. The third kappa shape index (κ3) is 5.54. The van der Waals surface area contributed by atoms with E-state index >= 15 is 0 Å². The summed E-state index contributed by atoms with van der Waals surface area (Å²) in [5, 5.41) is 0. The summed E-state index contributed by atoms with van der Waals surface area (Å²) >= 11 is 0. The zero-order valence-corrected chi connectivity index (χ0v) is 5.23. The predicted molar refractivity (Wildman–Crippen MR) is 35.4 cm³/mol. The maximum Gasteiger partial charge on any atom is 0.0873 e. The van der Waals surface area contributed by atoms with Crippen molar-refractivity contribution in [3.05, 3.63) is 19.8 Å². The lowest BCUT2D eigenvalue weighted by Gasteiger charge is -1.96. The second kappa shape index (κ2) is 6.54. The van der Waals surface area contributed by atoms with Gasteiger partial charge in [0, 0.05) is 0 Å². The van der Waals surface area contributed by atoms with Gasteiger partial charge >= 0.3 is 0 Å². The molecular weight excluding hydrogens is 100 g/mol. The zero-order chi connectivity index (χ0) is 6.24. The normalized spacial score (nSPS) is 8.62. The summed E-state index contributed by atoms with van der Waals surface area (Å²) in [5.41, 5.74) is 0. The number of ether oxygens (including phenoxy) is 1. The molecule has 1 radical (unpaired) electrons. The van der Waals surface area contributed by atoms with E-state index in [0.717, 1.165) is 25.9 Å². The molecule has 0 fully saturated rings. The molecule has 0 heterocycles. The highest BCUT2D eigenvalue weighted by Crippen LogP contribution is 1.92. The Morgan fingerprint density at radius 1 is 1.38 bits per heavy atom. The molecule has 0 atom stereocenters. The molecule has 1 nitrogen and oxygen atoms in total. The second-order valence-corrected chi connectivity index (χ2v) is 1.60. The van der Waals surface area contributed by atoms with Crippen LogP contribution in [0.15, 0.2) is 12.8 Å². The Labute approximate surface area is 51.4 Å². The minimum absolute atomic E-state index is 0.791. The third-order valence-corrected chi connectivity index (χ3v) is 0.880. The van der Waals surface area contributed by atoms with Crippen LogP contribution in [0.4, 0.5) is 0 Å². The van der Waals surface area contributed by atoms with E-state index in [4.69, 9.17) is 4.74 Å². The van der Waals surface area contributed by atoms with Crippen LogP contribution in [0.1, 0.15) is 19.3 Å². The fourth-order valence-electron chi connectivity index (χ4n) is 0.446. The highest BCUT2D eigenvalue weighted by atomic mass is 16.5. The van der Waals surface area contributed by atoms with Gasteiger partial charge < -0.3 is 4.74 Å². The first-order chi connectivity index (χ1) is 3.91. The lowest BCUT2D eigenvalue weighted by molar-refractivity contribution is 0.243. The van der Waals surface area contributed by atoms with Crippen LogP contribution < -0.4 is 0 Å². The Balaban J connectivity index is 2.62. The molecule has 1 heteroatoms. The fraction of sp³-hybridized carbons (Fsp3) is 0.571. The van der Waals surface area contributed by atoms with Gasteiger partial charge in [-0.05, 0) is 6.42 Å². The van der Waals surface area contributed by atoms with Crippen LogP contribution in [-0.2, 0) is 4.74 Å². The van der Waals surface area contributed by atoms with Crippen LogP contribution in [0.2, 0.25) is 0 Å². The maximum atomic E-state index is 4.87. The van der Waals surface area contributed by atoms with Crippen molar-refractivity contribution in [2.75, 3.05) is 6.61 Å². The van der Waals surface area contributed by atoms with Crippen molar-refractivity contribution < 1.29 is 4.74 Å². The standard InChI is InChI=1S/C7H13O/c1-3-5-6-7-8-4-2/h4H,1-3,5-7H2. The van der Waals surface area contributed by atoms with E-state index in [1.807, 2.05) is 0 Å². The lowest BCUT2D eigenvalue weighted by atomic mass is 10.3. The lowest BCUT2D eigenvalue weighted by Crippen LogP contribution is -1.85. The van der Waals surface area contributed by atoms with Gasteiger partial charge in [-0.2, -0.15) is 0 Å². The summed E-state index contributed by atoms with van der Waals surface area (Å²) in [7, 11) is 0. The minimum Gasteiger partial charge on any atom is -0.502 e. The van der Waals surface area contributed by atoms with Gasteiger partial charge in [0.05, 0.1) is 12.9 Å². The van der Waals surface area contributed by atoms with Gasteiger partial charge in [-0.3, -0.25) is 0 Å². The summed E-state index contributed by atoms with van der Waals surface area (Å²) in [4.78, 5) is 0. The summed E-state index contributed by atoms with van der Waals surface area (Å²) in [5.74, 6) is 0. The number of rotatable bonds is 5. The monoisotopic (exact) mass is 113 g/mol. The second-order valence-electron chi connectivity index (χ2n) is 1.60. The smallest absolute Gasteiger partial charge is 0.0873 e. The summed E-state index contributed by atoms with van der Waals surface area (Å²) in [6.45, 7) is 7.91. The van der Waals surface area contributed by atoms with E-state index in [1.165, 1.54) is 6.26 Å². The highest BCUT2D eigenvalue weighted by molar-refractivity contribution is 4.49. The van der Waals surface area contributed by atoms with Crippen molar-refractivity contribution in [3.63, 3.8) is 0 Å². The van der Waals surface area contributed by atoms with Gasteiger partial charge in [0.2, 0.25) is 0 Å². The van der Waals surface area contributed by atoms with E-state index < -0.39 is 0 Å². The molecule has 0 aliphatic heterocycles. The minimum atomic E-state index is 0.791. The summed E-state index contributed by atoms with van der Waals surface area (Å²) < 4.78 is 4.87. The van der Waals surface area contributed by atoms with Crippen molar-refractivity contribution in [1.82, 2.24) is 0 Å². The van der Waals surface area contributed by atoms with E-state index in [2.05, 4.69) is 13.5 Å². The fourth-order valence-corrected chi connectivity index (χ4v) is 0.446. The Kier molecular flexibility index (Phi) is 6.16. The van der Waals surface area contributed by atoms with Gasteiger partial charge in [0.25, 0.3) is 0 Å².